The van der Waals surface area contributed by atoms with E-state index < -0.39 is 0 Å². The van der Waals surface area contributed by atoms with Crippen LogP contribution < -0.4 is 5.32 Å². The first-order chi connectivity index (χ1) is 8.25. The molecule has 1 fully saturated rings. The highest BCUT2D eigenvalue weighted by atomic mass is 16.2. The Kier molecular flexibility index (Phi) is 3.88. The van der Waals surface area contributed by atoms with E-state index in [9.17, 15) is 4.79 Å². The second-order valence-electron chi connectivity index (χ2n) is 4.26. The lowest BCUT2D eigenvalue weighted by Gasteiger charge is -2.31. The third kappa shape index (κ3) is 3.39. The fourth-order valence-corrected chi connectivity index (χ4v) is 1.88. The lowest BCUT2D eigenvalue weighted by atomic mass is 10.2. The molecule has 0 aromatic carbocycles. The molecule has 17 heavy (non-hydrogen) atoms. The Morgan fingerprint density at radius 3 is 3.24 bits per heavy atom. The minimum Gasteiger partial charge on any atom is -0.336 e. The highest BCUT2D eigenvalue weighted by Crippen LogP contribution is 2.03. The summed E-state index contributed by atoms with van der Waals surface area (Å²) in [5, 5.41) is 3.31. The van der Waals surface area contributed by atoms with Crippen LogP contribution in [-0.2, 0) is 4.79 Å². The van der Waals surface area contributed by atoms with Crippen molar-refractivity contribution in [3.63, 3.8) is 0 Å². The summed E-state index contributed by atoms with van der Waals surface area (Å²) in [6.07, 6.45) is 6.89. The number of nitrogens with one attached hydrogen (secondary N) is 1. The molecule has 0 spiro atoms. The van der Waals surface area contributed by atoms with E-state index >= 15 is 0 Å². The van der Waals surface area contributed by atoms with Gasteiger partial charge in [-0.3, -0.25) is 9.78 Å². The highest BCUT2D eigenvalue weighted by Gasteiger charge is 2.18. The van der Waals surface area contributed by atoms with Crippen LogP contribution in [0.1, 0.15) is 12.5 Å². The summed E-state index contributed by atoms with van der Waals surface area (Å²) >= 11 is 0. The fourth-order valence-electron chi connectivity index (χ4n) is 1.88. The third-order valence-electron chi connectivity index (χ3n) is 2.78. The van der Waals surface area contributed by atoms with Gasteiger partial charge in [0.15, 0.2) is 0 Å². The molecule has 1 N–H and O–H groups in total. The zero-order chi connectivity index (χ0) is 12.1. The summed E-state index contributed by atoms with van der Waals surface area (Å²) < 4.78 is 0. The summed E-state index contributed by atoms with van der Waals surface area (Å²) in [6, 6.07) is 4.16. The number of nitrogens with zero attached hydrogens (tertiary/aromatic N) is 2. The maximum atomic E-state index is 11.9. The van der Waals surface area contributed by atoms with E-state index in [1.54, 1.807) is 18.5 Å². The van der Waals surface area contributed by atoms with E-state index in [0.29, 0.717) is 6.04 Å². The molecule has 1 aromatic rings. The van der Waals surface area contributed by atoms with Gasteiger partial charge in [-0.15, -0.1) is 0 Å². The van der Waals surface area contributed by atoms with Crippen molar-refractivity contribution in [3.05, 3.63) is 36.2 Å². The van der Waals surface area contributed by atoms with E-state index in [-0.39, 0.29) is 5.91 Å². The summed E-state index contributed by atoms with van der Waals surface area (Å²) in [6.45, 7) is 4.51. The molecule has 1 amide bonds. The van der Waals surface area contributed by atoms with E-state index in [1.807, 2.05) is 23.1 Å². The molecular weight excluding hydrogens is 214 g/mol. The number of hydrogen-bond acceptors (Lipinski definition) is 3. The number of pyridine rings is 1. The maximum Gasteiger partial charge on any atom is 0.246 e. The van der Waals surface area contributed by atoms with Gasteiger partial charge in [-0.2, -0.15) is 0 Å². The number of rotatable bonds is 2. The standard InChI is InChI=1S/C13H17N3O/c1-11-10-16(8-7-15-11)13(17)5-4-12-3-2-6-14-9-12/h2-6,9,11,15H,7-8,10H2,1H3/b5-4+. The molecule has 4 heteroatoms. The first-order valence-corrected chi connectivity index (χ1v) is 5.86. The highest BCUT2D eigenvalue weighted by molar-refractivity contribution is 5.91. The van der Waals surface area contributed by atoms with E-state index in [2.05, 4.69) is 17.2 Å². The van der Waals surface area contributed by atoms with Crippen LogP contribution in [0.5, 0.6) is 0 Å². The summed E-state index contributed by atoms with van der Waals surface area (Å²) in [7, 11) is 0. The lowest BCUT2D eigenvalue weighted by Crippen LogP contribution is -2.50. The molecule has 1 aliphatic rings. The van der Waals surface area contributed by atoms with Crippen LogP contribution >= 0.6 is 0 Å². The fraction of sp³-hybridized carbons (Fsp3) is 0.385. The quantitative estimate of drug-likeness (QED) is 0.770. The molecule has 1 atom stereocenters. The largest absolute Gasteiger partial charge is 0.336 e. The number of carbonyl (C=O) groups is 1. The Hall–Kier alpha value is -1.68. The van der Waals surface area contributed by atoms with Crippen LogP contribution in [0.2, 0.25) is 0 Å². The van der Waals surface area contributed by atoms with Crippen LogP contribution in [0.15, 0.2) is 30.6 Å². The summed E-state index contributed by atoms with van der Waals surface area (Å²) in [5.74, 6) is 0.0715. The average molecular weight is 231 g/mol. The predicted octanol–water partition coefficient (Wildman–Crippen LogP) is 0.915. The number of hydrogen-bond donors (Lipinski definition) is 1. The molecule has 4 nitrogen and oxygen atoms in total. The first-order valence-electron chi connectivity index (χ1n) is 5.86. The molecule has 1 unspecified atom stereocenters. The van der Waals surface area contributed by atoms with Crippen molar-refractivity contribution < 1.29 is 4.79 Å². The van der Waals surface area contributed by atoms with Gasteiger partial charge in [-0.05, 0) is 24.6 Å². The van der Waals surface area contributed by atoms with Gasteiger partial charge in [0, 0.05) is 44.1 Å². The predicted molar refractivity (Wildman–Crippen MR) is 67.3 cm³/mol. The van der Waals surface area contributed by atoms with Crippen molar-refractivity contribution in [1.82, 2.24) is 15.2 Å². The van der Waals surface area contributed by atoms with Crippen LogP contribution in [0.4, 0.5) is 0 Å². The zero-order valence-electron chi connectivity index (χ0n) is 9.97. The van der Waals surface area contributed by atoms with Crippen LogP contribution in [-0.4, -0.2) is 41.5 Å². The Bertz CT molecular complexity index is 402. The molecule has 0 bridgehead atoms. The van der Waals surface area contributed by atoms with Crippen molar-refractivity contribution in [3.8, 4) is 0 Å². The zero-order valence-corrected chi connectivity index (χ0v) is 9.97. The van der Waals surface area contributed by atoms with E-state index in [0.717, 1.165) is 25.2 Å². The van der Waals surface area contributed by atoms with Gasteiger partial charge in [0.05, 0.1) is 0 Å². The van der Waals surface area contributed by atoms with Crippen molar-refractivity contribution in [2.45, 2.75) is 13.0 Å². The minimum absolute atomic E-state index is 0.0715. The average Bonchev–Trinajstić information content (AvgIpc) is 2.37. The number of amides is 1. The lowest BCUT2D eigenvalue weighted by molar-refractivity contribution is -0.127. The van der Waals surface area contributed by atoms with Crippen molar-refractivity contribution in [1.29, 1.82) is 0 Å². The van der Waals surface area contributed by atoms with Gasteiger partial charge in [-0.1, -0.05) is 6.07 Å². The SMILES string of the molecule is CC1CN(C(=O)/C=C/c2cccnc2)CCN1. The summed E-state index contributed by atoms with van der Waals surface area (Å²) in [4.78, 5) is 17.8. The topological polar surface area (TPSA) is 45.2 Å². The normalized spacial score (nSPS) is 20.8. The smallest absolute Gasteiger partial charge is 0.246 e. The van der Waals surface area contributed by atoms with Gasteiger partial charge in [0.25, 0.3) is 0 Å². The molecule has 2 heterocycles. The van der Waals surface area contributed by atoms with E-state index in [1.165, 1.54) is 0 Å². The third-order valence-corrected chi connectivity index (χ3v) is 2.78. The number of carbonyl (C=O) groups excluding carboxylic acids is 1. The maximum absolute atomic E-state index is 11.9. The Morgan fingerprint density at radius 2 is 2.53 bits per heavy atom. The molecule has 0 saturated carbocycles. The molecule has 2 rings (SSSR count). The van der Waals surface area contributed by atoms with Crippen LogP contribution in [0, 0.1) is 0 Å². The molecule has 1 saturated heterocycles. The number of aromatic nitrogens is 1. The van der Waals surface area contributed by atoms with Gasteiger partial charge in [-0.25, -0.2) is 0 Å². The molecule has 1 aromatic heterocycles. The number of piperazine rings is 1. The Morgan fingerprint density at radius 1 is 1.65 bits per heavy atom. The first kappa shape index (κ1) is 11.8. The van der Waals surface area contributed by atoms with Gasteiger partial charge in [0.1, 0.15) is 0 Å². The second-order valence-corrected chi connectivity index (χ2v) is 4.26. The monoisotopic (exact) mass is 231 g/mol. The van der Waals surface area contributed by atoms with E-state index in [4.69, 9.17) is 0 Å². The van der Waals surface area contributed by atoms with Crippen molar-refractivity contribution in [2.75, 3.05) is 19.6 Å². The van der Waals surface area contributed by atoms with Crippen molar-refractivity contribution >= 4 is 12.0 Å². The van der Waals surface area contributed by atoms with Crippen molar-refractivity contribution in [2.24, 2.45) is 0 Å². The molecule has 0 radical (unpaired) electrons. The molecule has 0 aliphatic carbocycles. The van der Waals surface area contributed by atoms with Crippen LogP contribution in [0.25, 0.3) is 6.08 Å². The van der Waals surface area contributed by atoms with Crippen LogP contribution in [0.3, 0.4) is 0 Å². The Balaban J connectivity index is 1.94. The second kappa shape index (κ2) is 5.59. The van der Waals surface area contributed by atoms with Gasteiger partial charge in [0.2, 0.25) is 5.91 Å². The molecule has 90 valence electrons. The van der Waals surface area contributed by atoms with Gasteiger partial charge < -0.3 is 10.2 Å². The molecular formula is C13H17N3O. The van der Waals surface area contributed by atoms with Gasteiger partial charge >= 0.3 is 0 Å². The molecule has 1 aliphatic heterocycles. The minimum atomic E-state index is 0.0715. The Labute approximate surface area is 101 Å². The summed E-state index contributed by atoms with van der Waals surface area (Å²) in [5.41, 5.74) is 0.948.